The fourth-order valence-electron chi connectivity index (χ4n) is 2.58. The molecule has 2 aromatic rings. The van der Waals surface area contributed by atoms with Crippen molar-refractivity contribution in [3.05, 3.63) is 40.0 Å². The second-order valence-corrected chi connectivity index (χ2v) is 5.51. The van der Waals surface area contributed by atoms with Crippen molar-refractivity contribution in [1.82, 2.24) is 4.98 Å². The first kappa shape index (κ1) is 11.0. The standard InChI is InChI=1S/C15H16ClN/c1-9(2)10-6-7-14-12(8-10)15(16)11-4-3-5-13(11)17-14/h6-9H,3-5H2,1-2H3. The Hall–Kier alpha value is -1.08. The number of halogens is 1. The van der Waals surface area contributed by atoms with Crippen LogP contribution in [0, 0.1) is 0 Å². The molecule has 1 aliphatic carbocycles. The van der Waals surface area contributed by atoms with Crippen LogP contribution in [0.15, 0.2) is 18.2 Å². The second-order valence-electron chi connectivity index (χ2n) is 5.14. The highest BCUT2D eigenvalue weighted by Crippen LogP contribution is 2.34. The van der Waals surface area contributed by atoms with E-state index in [-0.39, 0.29) is 0 Å². The summed E-state index contributed by atoms with van der Waals surface area (Å²) in [5.74, 6) is 0.531. The number of rotatable bonds is 1. The number of fused-ring (bicyclic) bond motifs is 2. The number of aryl methyl sites for hydroxylation is 1. The van der Waals surface area contributed by atoms with Gasteiger partial charge in [0.25, 0.3) is 0 Å². The maximum absolute atomic E-state index is 6.52. The van der Waals surface area contributed by atoms with Crippen LogP contribution in [0.1, 0.15) is 43.0 Å². The van der Waals surface area contributed by atoms with Gasteiger partial charge in [-0.2, -0.15) is 0 Å². The highest BCUT2D eigenvalue weighted by molar-refractivity contribution is 6.36. The summed E-state index contributed by atoms with van der Waals surface area (Å²) in [6.45, 7) is 4.41. The Kier molecular flexibility index (Phi) is 2.59. The zero-order chi connectivity index (χ0) is 12.0. The molecule has 0 fully saturated rings. The van der Waals surface area contributed by atoms with E-state index in [4.69, 9.17) is 16.6 Å². The summed E-state index contributed by atoms with van der Waals surface area (Å²) in [5.41, 5.74) is 4.86. The van der Waals surface area contributed by atoms with Crippen molar-refractivity contribution >= 4 is 22.5 Å². The van der Waals surface area contributed by atoms with Gasteiger partial charge in [0.2, 0.25) is 0 Å². The normalized spacial score (nSPS) is 14.6. The van der Waals surface area contributed by atoms with E-state index >= 15 is 0 Å². The first-order valence-electron chi connectivity index (χ1n) is 6.27. The Labute approximate surface area is 107 Å². The summed E-state index contributed by atoms with van der Waals surface area (Å²) in [6.07, 6.45) is 3.36. The lowest BCUT2D eigenvalue weighted by molar-refractivity contribution is 0.868. The van der Waals surface area contributed by atoms with E-state index in [0.29, 0.717) is 5.92 Å². The third-order valence-electron chi connectivity index (χ3n) is 3.63. The molecule has 1 heterocycles. The third-order valence-corrected chi connectivity index (χ3v) is 4.06. The number of aromatic nitrogens is 1. The van der Waals surface area contributed by atoms with E-state index < -0.39 is 0 Å². The zero-order valence-electron chi connectivity index (χ0n) is 10.3. The average molecular weight is 246 g/mol. The smallest absolute Gasteiger partial charge is 0.0720 e. The first-order valence-corrected chi connectivity index (χ1v) is 6.65. The highest BCUT2D eigenvalue weighted by Gasteiger charge is 2.18. The van der Waals surface area contributed by atoms with Gasteiger partial charge in [0.05, 0.1) is 10.5 Å². The minimum absolute atomic E-state index is 0.531. The first-order chi connectivity index (χ1) is 8.16. The summed E-state index contributed by atoms with van der Waals surface area (Å²) in [5, 5.41) is 2.06. The number of hydrogen-bond acceptors (Lipinski definition) is 1. The summed E-state index contributed by atoms with van der Waals surface area (Å²) in [6, 6.07) is 6.47. The van der Waals surface area contributed by atoms with Gasteiger partial charge in [-0.05, 0) is 48.4 Å². The Morgan fingerprint density at radius 1 is 1.24 bits per heavy atom. The van der Waals surface area contributed by atoms with Crippen molar-refractivity contribution < 1.29 is 0 Å². The summed E-state index contributed by atoms with van der Waals surface area (Å²) >= 11 is 6.52. The Bertz CT molecular complexity index is 587. The van der Waals surface area contributed by atoms with Gasteiger partial charge in [0.1, 0.15) is 0 Å². The van der Waals surface area contributed by atoms with Crippen molar-refractivity contribution in [3.63, 3.8) is 0 Å². The quantitative estimate of drug-likeness (QED) is 0.721. The van der Waals surface area contributed by atoms with E-state index in [2.05, 4.69) is 32.0 Å². The number of benzene rings is 1. The Morgan fingerprint density at radius 3 is 2.82 bits per heavy atom. The molecule has 0 bridgehead atoms. The van der Waals surface area contributed by atoms with Gasteiger partial charge < -0.3 is 0 Å². The maximum atomic E-state index is 6.52. The molecule has 88 valence electrons. The van der Waals surface area contributed by atoms with Gasteiger partial charge in [-0.25, -0.2) is 0 Å². The predicted octanol–water partition coefficient (Wildman–Crippen LogP) is 4.50. The van der Waals surface area contributed by atoms with Crippen molar-refractivity contribution in [2.24, 2.45) is 0 Å². The predicted molar refractivity (Wildman–Crippen MR) is 72.9 cm³/mol. The van der Waals surface area contributed by atoms with Gasteiger partial charge in [-0.3, -0.25) is 4.98 Å². The maximum Gasteiger partial charge on any atom is 0.0720 e. The van der Waals surface area contributed by atoms with Gasteiger partial charge in [-0.15, -0.1) is 0 Å². The Balaban J connectivity index is 2.29. The van der Waals surface area contributed by atoms with Crippen LogP contribution >= 0.6 is 11.6 Å². The number of hydrogen-bond donors (Lipinski definition) is 0. The number of pyridine rings is 1. The molecule has 1 aromatic heterocycles. The van der Waals surface area contributed by atoms with Crippen LogP contribution in [-0.2, 0) is 12.8 Å². The highest BCUT2D eigenvalue weighted by atomic mass is 35.5. The summed E-state index contributed by atoms with van der Waals surface area (Å²) in [7, 11) is 0. The van der Waals surface area contributed by atoms with Crippen molar-refractivity contribution in [2.75, 3.05) is 0 Å². The molecule has 1 aromatic carbocycles. The number of nitrogens with zero attached hydrogens (tertiary/aromatic N) is 1. The van der Waals surface area contributed by atoms with E-state index in [1.54, 1.807) is 0 Å². The molecule has 1 nitrogen and oxygen atoms in total. The molecular formula is C15H16ClN. The van der Waals surface area contributed by atoms with Crippen LogP contribution in [0.25, 0.3) is 10.9 Å². The largest absolute Gasteiger partial charge is 0.252 e. The molecule has 0 saturated carbocycles. The zero-order valence-corrected chi connectivity index (χ0v) is 11.0. The van der Waals surface area contributed by atoms with E-state index in [1.165, 1.54) is 23.2 Å². The molecule has 1 aliphatic rings. The molecule has 0 spiro atoms. The third kappa shape index (κ3) is 1.73. The topological polar surface area (TPSA) is 12.9 Å². The fraction of sp³-hybridized carbons (Fsp3) is 0.400. The van der Waals surface area contributed by atoms with E-state index in [1.807, 2.05) is 0 Å². The monoisotopic (exact) mass is 245 g/mol. The van der Waals surface area contributed by atoms with Gasteiger partial charge >= 0.3 is 0 Å². The van der Waals surface area contributed by atoms with Gasteiger partial charge in [0.15, 0.2) is 0 Å². The Morgan fingerprint density at radius 2 is 2.06 bits per heavy atom. The minimum Gasteiger partial charge on any atom is -0.252 e. The molecular weight excluding hydrogens is 230 g/mol. The van der Waals surface area contributed by atoms with E-state index in [9.17, 15) is 0 Å². The van der Waals surface area contributed by atoms with Crippen molar-refractivity contribution in [1.29, 1.82) is 0 Å². The molecule has 0 amide bonds. The SMILES string of the molecule is CC(C)c1ccc2nc3c(c(Cl)c2c1)CCC3. The van der Waals surface area contributed by atoms with Crippen LogP contribution in [0.4, 0.5) is 0 Å². The molecule has 3 rings (SSSR count). The van der Waals surface area contributed by atoms with Crippen molar-refractivity contribution in [3.8, 4) is 0 Å². The van der Waals surface area contributed by atoms with Crippen LogP contribution < -0.4 is 0 Å². The lowest BCUT2D eigenvalue weighted by atomic mass is 10.00. The molecule has 0 N–H and O–H groups in total. The fourth-order valence-corrected chi connectivity index (χ4v) is 2.94. The van der Waals surface area contributed by atoms with Crippen LogP contribution in [0.5, 0.6) is 0 Å². The molecule has 0 aliphatic heterocycles. The lowest BCUT2D eigenvalue weighted by Gasteiger charge is -2.10. The lowest BCUT2D eigenvalue weighted by Crippen LogP contribution is -1.94. The molecule has 0 unspecified atom stereocenters. The minimum atomic E-state index is 0.531. The molecule has 0 radical (unpaired) electrons. The molecule has 0 atom stereocenters. The van der Waals surface area contributed by atoms with Gasteiger partial charge in [0, 0.05) is 11.1 Å². The summed E-state index contributed by atoms with van der Waals surface area (Å²) in [4.78, 5) is 4.73. The molecule has 2 heteroatoms. The molecule has 17 heavy (non-hydrogen) atoms. The van der Waals surface area contributed by atoms with E-state index in [0.717, 1.165) is 28.8 Å². The second kappa shape index (κ2) is 3.99. The van der Waals surface area contributed by atoms with Gasteiger partial charge in [-0.1, -0.05) is 31.5 Å². The van der Waals surface area contributed by atoms with Crippen molar-refractivity contribution in [2.45, 2.75) is 39.0 Å². The van der Waals surface area contributed by atoms with Crippen LogP contribution in [0.2, 0.25) is 5.02 Å². The van der Waals surface area contributed by atoms with Crippen LogP contribution in [0.3, 0.4) is 0 Å². The average Bonchev–Trinajstić information content (AvgIpc) is 2.77. The van der Waals surface area contributed by atoms with Crippen LogP contribution in [-0.4, -0.2) is 4.98 Å². The summed E-state index contributed by atoms with van der Waals surface area (Å²) < 4.78 is 0. The molecule has 0 saturated heterocycles.